The molecule has 1 aliphatic heterocycles. The second-order valence-electron chi connectivity index (χ2n) is 14.6. The van der Waals surface area contributed by atoms with Crippen LogP contribution in [0.4, 0.5) is 0 Å². The Labute approximate surface area is 262 Å². The predicted molar refractivity (Wildman–Crippen MR) is 184 cm³/mol. The van der Waals surface area contributed by atoms with E-state index in [1.165, 1.54) is 27.9 Å². The number of rotatable bonds is 10. The molecule has 1 saturated heterocycles. The van der Waals surface area contributed by atoms with Crippen LogP contribution in [-0.4, -0.2) is 33.6 Å². The van der Waals surface area contributed by atoms with Gasteiger partial charge in [0, 0.05) is 17.8 Å². The molecule has 3 rings (SSSR count). The number of epoxide rings is 1. The zero-order valence-corrected chi connectivity index (χ0v) is 28.3. The molecule has 3 aliphatic rings. The molecule has 0 spiro atoms. The first-order valence-corrected chi connectivity index (χ1v) is 15.8. The molecule has 0 radical (unpaired) electrons. The summed E-state index contributed by atoms with van der Waals surface area (Å²) >= 11 is 0. The maximum absolute atomic E-state index is 10.2. The highest BCUT2D eigenvalue weighted by Crippen LogP contribution is 2.66. The fraction of sp³-hybridized carbons (Fsp3) is 0.500. The van der Waals surface area contributed by atoms with Gasteiger partial charge >= 0.3 is 0 Å². The van der Waals surface area contributed by atoms with Gasteiger partial charge < -0.3 is 14.9 Å². The van der Waals surface area contributed by atoms with Gasteiger partial charge in [-0.25, -0.2) is 0 Å². The number of fused-ring (bicyclic) bond motifs is 1. The van der Waals surface area contributed by atoms with Gasteiger partial charge in [0.2, 0.25) is 0 Å². The van der Waals surface area contributed by atoms with Crippen LogP contribution in [0.2, 0.25) is 0 Å². The third-order valence-corrected chi connectivity index (χ3v) is 9.43. The number of hydrogen-bond acceptors (Lipinski definition) is 3. The van der Waals surface area contributed by atoms with Crippen LogP contribution in [0.25, 0.3) is 0 Å². The molecular weight excluding hydrogens is 528 g/mol. The van der Waals surface area contributed by atoms with Gasteiger partial charge in [-0.2, -0.15) is 0 Å². The van der Waals surface area contributed by atoms with E-state index >= 15 is 0 Å². The number of aliphatic hydroxyl groups is 2. The average molecular weight is 585 g/mol. The van der Waals surface area contributed by atoms with E-state index in [4.69, 9.17) is 4.74 Å². The van der Waals surface area contributed by atoms with Crippen LogP contribution in [0.5, 0.6) is 0 Å². The summed E-state index contributed by atoms with van der Waals surface area (Å²) in [6, 6.07) is 0. The monoisotopic (exact) mass is 584 g/mol. The molecule has 0 aromatic heterocycles. The summed E-state index contributed by atoms with van der Waals surface area (Å²) in [5.41, 5.74) is 5.38. The Hall–Kier alpha value is -2.72. The normalized spacial score (nSPS) is 33.8. The standard InChI is InChI=1S/C40H56O3/c1-29(17-13-19-31(3)21-22-36-33(5)25-34(41)26-37(36,6)7)15-11-12-16-30(2)18-14-20-32(4)23-24-40-38(8,9)27-35(42)28-39(40,10)43-40/h11-25,34-36,41-42H,26-28H2,1-10H3/b12-11+,17-13+,18-14+,22-21+,24-23+,29-15+,30-16-,31-19-,32-20+/t34-,35-,36-,39+,40-/m0/s1. The first kappa shape index (κ1) is 34.8. The molecular formula is C40H56O3. The lowest BCUT2D eigenvalue weighted by Gasteiger charge is -2.39. The third-order valence-electron chi connectivity index (χ3n) is 9.43. The SMILES string of the molecule is CC1=C[C@H](O)CC(C)(C)[C@H]1/C=C/C(C)=C\C=C\C(C)=C\C=C\C=C(C)/C=C/C=C(C)/C=C/[C@@]12O[C@]1(C)C[C@@H](O)CC2(C)C. The van der Waals surface area contributed by atoms with Crippen molar-refractivity contribution in [3.05, 3.63) is 119 Å². The summed E-state index contributed by atoms with van der Waals surface area (Å²) in [4.78, 5) is 0. The highest BCUT2D eigenvalue weighted by atomic mass is 16.6. The van der Waals surface area contributed by atoms with Crippen LogP contribution in [0.15, 0.2) is 119 Å². The molecule has 234 valence electrons. The molecule has 0 amide bonds. The molecule has 3 heteroatoms. The topological polar surface area (TPSA) is 53.0 Å². The first-order valence-electron chi connectivity index (χ1n) is 15.8. The van der Waals surface area contributed by atoms with Crippen molar-refractivity contribution in [3.63, 3.8) is 0 Å². The van der Waals surface area contributed by atoms with Gasteiger partial charge in [-0.3, -0.25) is 0 Å². The molecule has 2 N–H and O–H groups in total. The molecule has 3 nitrogen and oxygen atoms in total. The van der Waals surface area contributed by atoms with Gasteiger partial charge in [-0.15, -0.1) is 0 Å². The van der Waals surface area contributed by atoms with Gasteiger partial charge in [0.25, 0.3) is 0 Å². The van der Waals surface area contributed by atoms with Gasteiger partial charge in [-0.05, 0) is 65.9 Å². The Morgan fingerprint density at radius 2 is 1.23 bits per heavy atom. The van der Waals surface area contributed by atoms with E-state index in [1.54, 1.807) is 0 Å². The van der Waals surface area contributed by atoms with Gasteiger partial charge in [0.1, 0.15) is 11.2 Å². The summed E-state index contributed by atoms with van der Waals surface area (Å²) < 4.78 is 6.25. The second-order valence-corrected chi connectivity index (χ2v) is 14.6. The minimum absolute atomic E-state index is 0.0547. The van der Waals surface area contributed by atoms with Crippen molar-refractivity contribution in [3.8, 4) is 0 Å². The summed E-state index contributed by atoms with van der Waals surface area (Å²) in [7, 11) is 0. The van der Waals surface area contributed by atoms with Crippen molar-refractivity contribution < 1.29 is 14.9 Å². The van der Waals surface area contributed by atoms with Crippen molar-refractivity contribution in [1.29, 1.82) is 0 Å². The third kappa shape index (κ3) is 8.91. The molecule has 0 aromatic carbocycles. The Morgan fingerprint density at radius 3 is 1.77 bits per heavy atom. The van der Waals surface area contributed by atoms with Crippen LogP contribution in [0, 0.1) is 16.7 Å². The van der Waals surface area contributed by atoms with E-state index in [-0.39, 0.29) is 34.2 Å². The Kier molecular flexibility index (Phi) is 11.3. The van der Waals surface area contributed by atoms with Gasteiger partial charge in [-0.1, -0.05) is 141 Å². The van der Waals surface area contributed by atoms with E-state index in [0.29, 0.717) is 12.3 Å². The summed E-state index contributed by atoms with van der Waals surface area (Å²) in [5, 5.41) is 20.3. The van der Waals surface area contributed by atoms with Crippen molar-refractivity contribution in [2.45, 2.75) is 112 Å². The smallest absolute Gasteiger partial charge is 0.121 e. The Balaban J connectivity index is 1.49. The van der Waals surface area contributed by atoms with Crippen LogP contribution in [-0.2, 0) is 4.74 Å². The highest BCUT2D eigenvalue weighted by Gasteiger charge is 2.74. The fourth-order valence-electron chi connectivity index (χ4n) is 7.07. The summed E-state index contributed by atoms with van der Waals surface area (Å²) in [5.74, 6) is 0.345. The van der Waals surface area contributed by atoms with Crippen LogP contribution in [0.1, 0.15) is 88.5 Å². The summed E-state index contributed by atoms with van der Waals surface area (Å²) in [6.07, 6.45) is 33.5. The van der Waals surface area contributed by atoms with Crippen LogP contribution in [0.3, 0.4) is 0 Å². The Bertz CT molecular complexity index is 1320. The molecule has 2 fully saturated rings. The van der Waals surface area contributed by atoms with Crippen molar-refractivity contribution in [2.24, 2.45) is 16.7 Å². The molecule has 0 aromatic rings. The molecule has 5 atom stereocenters. The molecule has 2 aliphatic carbocycles. The van der Waals surface area contributed by atoms with E-state index < -0.39 is 0 Å². The lowest BCUT2D eigenvalue weighted by molar-refractivity contribution is 0.0515. The largest absolute Gasteiger partial charge is 0.393 e. The fourth-order valence-corrected chi connectivity index (χ4v) is 7.07. The van der Waals surface area contributed by atoms with E-state index in [0.717, 1.165) is 12.8 Å². The highest BCUT2D eigenvalue weighted by molar-refractivity contribution is 5.37. The van der Waals surface area contributed by atoms with E-state index in [9.17, 15) is 10.2 Å². The maximum atomic E-state index is 10.2. The zero-order chi connectivity index (χ0) is 32.1. The number of ether oxygens (including phenoxy) is 1. The van der Waals surface area contributed by atoms with Crippen molar-refractivity contribution >= 4 is 0 Å². The quantitative estimate of drug-likeness (QED) is 0.153. The minimum atomic E-state index is -0.333. The van der Waals surface area contributed by atoms with Crippen LogP contribution >= 0.6 is 0 Å². The van der Waals surface area contributed by atoms with Gasteiger partial charge in [0.15, 0.2) is 0 Å². The second kappa shape index (κ2) is 13.9. The lowest BCUT2D eigenvalue weighted by Crippen LogP contribution is -2.46. The first-order chi connectivity index (χ1) is 20.0. The molecule has 0 bridgehead atoms. The maximum Gasteiger partial charge on any atom is 0.121 e. The van der Waals surface area contributed by atoms with Crippen molar-refractivity contribution in [2.75, 3.05) is 0 Å². The van der Waals surface area contributed by atoms with Gasteiger partial charge in [0.05, 0.1) is 12.2 Å². The van der Waals surface area contributed by atoms with Crippen molar-refractivity contribution in [1.82, 2.24) is 0 Å². The predicted octanol–water partition coefficient (Wildman–Crippen LogP) is 9.61. The Morgan fingerprint density at radius 1 is 0.721 bits per heavy atom. The molecule has 1 heterocycles. The minimum Gasteiger partial charge on any atom is -0.393 e. The average Bonchev–Trinajstić information content (AvgIpc) is 3.49. The molecule has 1 saturated carbocycles. The molecule has 0 unspecified atom stereocenters. The van der Waals surface area contributed by atoms with E-state index in [1.807, 2.05) is 6.08 Å². The number of hydrogen-bond donors (Lipinski definition) is 2. The van der Waals surface area contributed by atoms with Crippen LogP contribution < -0.4 is 0 Å². The molecule has 43 heavy (non-hydrogen) atoms. The lowest BCUT2D eigenvalue weighted by atomic mass is 9.63. The summed E-state index contributed by atoms with van der Waals surface area (Å²) in [6.45, 7) is 21.5. The number of aliphatic hydroxyl groups excluding tert-OH is 2. The number of allylic oxidation sites excluding steroid dienone is 18. The van der Waals surface area contributed by atoms with E-state index in [2.05, 4.69) is 154 Å². The zero-order valence-electron chi connectivity index (χ0n) is 28.3.